The average Bonchev–Trinajstić information content (AvgIpc) is 3.14. The molecule has 1 heterocycles. The van der Waals surface area contributed by atoms with Crippen molar-refractivity contribution < 1.29 is 28.6 Å². The molecule has 2 saturated carbocycles. The number of hydrogen-bond donors (Lipinski definition) is 0. The maximum absolute atomic E-state index is 12.4. The fourth-order valence-corrected chi connectivity index (χ4v) is 4.92. The van der Waals surface area contributed by atoms with E-state index in [4.69, 9.17) is 14.2 Å². The Morgan fingerprint density at radius 1 is 1.36 bits per heavy atom. The Labute approximate surface area is 147 Å². The van der Waals surface area contributed by atoms with Crippen LogP contribution in [0.3, 0.4) is 0 Å². The summed E-state index contributed by atoms with van der Waals surface area (Å²) in [4.78, 5) is 35.3. The van der Waals surface area contributed by atoms with Gasteiger partial charge < -0.3 is 14.2 Å². The first-order chi connectivity index (χ1) is 11.7. The van der Waals surface area contributed by atoms with Crippen molar-refractivity contribution >= 4 is 17.9 Å². The van der Waals surface area contributed by atoms with E-state index in [1.807, 2.05) is 0 Å². The van der Waals surface area contributed by atoms with E-state index in [1.165, 1.54) is 0 Å². The van der Waals surface area contributed by atoms with Crippen molar-refractivity contribution in [1.29, 1.82) is 0 Å². The van der Waals surface area contributed by atoms with Crippen molar-refractivity contribution in [2.75, 3.05) is 0 Å². The van der Waals surface area contributed by atoms with E-state index in [2.05, 4.69) is 13.5 Å². The molecule has 2 bridgehead atoms. The van der Waals surface area contributed by atoms with Crippen molar-refractivity contribution in [1.82, 2.24) is 0 Å². The molecule has 3 fully saturated rings. The van der Waals surface area contributed by atoms with E-state index < -0.39 is 5.97 Å². The molecule has 1 aliphatic heterocycles. The van der Waals surface area contributed by atoms with Gasteiger partial charge in [-0.05, 0) is 26.2 Å². The lowest BCUT2D eigenvalue weighted by molar-refractivity contribution is -0.162. The molecule has 6 heteroatoms. The number of fused-ring (bicyclic) bond motifs is 5. The summed E-state index contributed by atoms with van der Waals surface area (Å²) in [6.45, 7) is 9.00. The van der Waals surface area contributed by atoms with E-state index in [0.717, 1.165) is 18.9 Å². The average molecular weight is 350 g/mol. The molecule has 7 unspecified atom stereocenters. The molecular formula is C19H26O6. The molecule has 0 spiro atoms. The molecule has 0 amide bonds. The quantitative estimate of drug-likeness (QED) is 0.416. The molecular weight excluding hydrogens is 324 g/mol. The fourth-order valence-electron chi connectivity index (χ4n) is 4.92. The summed E-state index contributed by atoms with van der Waals surface area (Å²) in [6, 6.07) is 0. The Hall–Kier alpha value is -1.85. The van der Waals surface area contributed by atoms with Gasteiger partial charge in [0.15, 0.2) is 0 Å². The monoisotopic (exact) mass is 350 g/mol. The zero-order valence-corrected chi connectivity index (χ0v) is 15.0. The van der Waals surface area contributed by atoms with Crippen LogP contribution in [0.1, 0.15) is 46.5 Å². The standard InChI is InChI=1S/C19H26O6/c1-5-15(20)23-11(3)6-10(2)18(22)24-14-9-19(4)8-13(14)12-7-16(21)25-17(12)19/h5,10-14,17H,1,6-9H2,2-4H3. The predicted molar refractivity (Wildman–Crippen MR) is 88.2 cm³/mol. The minimum absolute atomic E-state index is 0.0179. The lowest BCUT2D eigenvalue weighted by Crippen LogP contribution is -2.40. The second-order valence-electron chi connectivity index (χ2n) is 8.07. The fraction of sp³-hybridized carbons (Fsp3) is 0.737. The minimum Gasteiger partial charge on any atom is -0.462 e. The highest BCUT2D eigenvalue weighted by Crippen LogP contribution is 2.61. The van der Waals surface area contributed by atoms with Crippen molar-refractivity contribution in [2.24, 2.45) is 23.2 Å². The molecule has 0 aromatic rings. The summed E-state index contributed by atoms with van der Waals surface area (Å²) in [6.07, 6.45) is 3.08. The van der Waals surface area contributed by atoms with Gasteiger partial charge in [0.05, 0.1) is 12.3 Å². The smallest absolute Gasteiger partial charge is 0.330 e. The van der Waals surface area contributed by atoms with Crippen molar-refractivity contribution in [3.05, 3.63) is 12.7 Å². The molecule has 0 N–H and O–H groups in total. The third kappa shape index (κ3) is 3.31. The van der Waals surface area contributed by atoms with Gasteiger partial charge in [-0.2, -0.15) is 0 Å². The zero-order valence-electron chi connectivity index (χ0n) is 15.0. The highest BCUT2D eigenvalue weighted by molar-refractivity contribution is 5.81. The molecule has 25 heavy (non-hydrogen) atoms. The Kier molecular flexibility index (Phi) is 4.64. The van der Waals surface area contributed by atoms with Crippen LogP contribution in [0.4, 0.5) is 0 Å². The van der Waals surface area contributed by atoms with Crippen LogP contribution >= 0.6 is 0 Å². The molecule has 7 atom stereocenters. The summed E-state index contributed by atoms with van der Waals surface area (Å²) >= 11 is 0. The normalized spacial score (nSPS) is 37.8. The molecule has 6 nitrogen and oxygen atoms in total. The van der Waals surface area contributed by atoms with Crippen molar-refractivity contribution in [3.8, 4) is 0 Å². The van der Waals surface area contributed by atoms with Crippen LogP contribution in [0, 0.1) is 23.2 Å². The third-order valence-electron chi connectivity index (χ3n) is 5.97. The molecule has 0 radical (unpaired) electrons. The van der Waals surface area contributed by atoms with Crippen molar-refractivity contribution in [3.63, 3.8) is 0 Å². The number of esters is 3. The summed E-state index contributed by atoms with van der Waals surface area (Å²) in [5.41, 5.74) is -0.0809. The van der Waals surface area contributed by atoms with Gasteiger partial charge >= 0.3 is 17.9 Å². The maximum Gasteiger partial charge on any atom is 0.330 e. The van der Waals surface area contributed by atoms with Crippen LogP contribution in [-0.2, 0) is 28.6 Å². The maximum atomic E-state index is 12.4. The second-order valence-corrected chi connectivity index (χ2v) is 8.07. The Morgan fingerprint density at radius 3 is 2.76 bits per heavy atom. The van der Waals surface area contributed by atoms with Gasteiger partial charge in [0, 0.05) is 23.3 Å². The van der Waals surface area contributed by atoms with Gasteiger partial charge in [0.25, 0.3) is 0 Å². The molecule has 0 aromatic carbocycles. The number of rotatable bonds is 6. The van der Waals surface area contributed by atoms with Crippen molar-refractivity contribution in [2.45, 2.75) is 64.8 Å². The number of hydrogen-bond acceptors (Lipinski definition) is 6. The van der Waals surface area contributed by atoms with Crippen LogP contribution in [-0.4, -0.2) is 36.2 Å². The first-order valence-electron chi connectivity index (χ1n) is 8.96. The zero-order chi connectivity index (χ0) is 18.4. The number of ether oxygens (including phenoxy) is 3. The molecule has 1 saturated heterocycles. The summed E-state index contributed by atoms with van der Waals surface area (Å²) < 4.78 is 16.4. The minimum atomic E-state index is -0.494. The highest BCUT2D eigenvalue weighted by atomic mass is 16.6. The largest absolute Gasteiger partial charge is 0.462 e. The van der Waals surface area contributed by atoms with Gasteiger partial charge in [-0.15, -0.1) is 0 Å². The second kappa shape index (κ2) is 6.46. The Bertz CT molecular complexity index is 599. The highest BCUT2D eigenvalue weighted by Gasteiger charge is 2.65. The van der Waals surface area contributed by atoms with E-state index >= 15 is 0 Å². The van der Waals surface area contributed by atoms with Gasteiger partial charge in [0.2, 0.25) is 0 Å². The lowest BCUT2D eigenvalue weighted by Gasteiger charge is -2.34. The van der Waals surface area contributed by atoms with Gasteiger partial charge in [0.1, 0.15) is 18.3 Å². The number of carbonyl (C=O) groups excluding carboxylic acids is 3. The van der Waals surface area contributed by atoms with Crippen LogP contribution in [0.2, 0.25) is 0 Å². The molecule has 3 aliphatic rings. The Balaban J connectivity index is 1.54. The van der Waals surface area contributed by atoms with Gasteiger partial charge in [-0.3, -0.25) is 9.59 Å². The topological polar surface area (TPSA) is 78.9 Å². The molecule has 138 valence electrons. The lowest BCUT2D eigenvalue weighted by atomic mass is 9.77. The van der Waals surface area contributed by atoms with Crippen LogP contribution in [0.15, 0.2) is 12.7 Å². The molecule has 2 aliphatic carbocycles. The molecule has 3 rings (SSSR count). The van der Waals surface area contributed by atoms with Gasteiger partial charge in [-0.25, -0.2) is 4.79 Å². The first kappa shape index (κ1) is 18.0. The summed E-state index contributed by atoms with van der Waals surface area (Å²) in [5.74, 6) is -0.892. The summed E-state index contributed by atoms with van der Waals surface area (Å²) in [5, 5.41) is 0. The van der Waals surface area contributed by atoms with E-state index in [0.29, 0.717) is 12.8 Å². The van der Waals surface area contributed by atoms with E-state index in [-0.39, 0.29) is 53.4 Å². The van der Waals surface area contributed by atoms with E-state index in [9.17, 15) is 14.4 Å². The Morgan fingerprint density at radius 2 is 2.08 bits per heavy atom. The van der Waals surface area contributed by atoms with Crippen LogP contribution in [0.5, 0.6) is 0 Å². The third-order valence-corrected chi connectivity index (χ3v) is 5.97. The van der Waals surface area contributed by atoms with Crippen LogP contribution < -0.4 is 0 Å². The van der Waals surface area contributed by atoms with Gasteiger partial charge in [-0.1, -0.05) is 20.4 Å². The van der Waals surface area contributed by atoms with E-state index in [1.54, 1.807) is 13.8 Å². The SMILES string of the molecule is C=CC(=O)OC(C)CC(C)C(=O)OC1CC2(C)CC1C1CC(=O)OC12. The number of carbonyl (C=O) groups is 3. The molecule has 0 aromatic heterocycles. The first-order valence-corrected chi connectivity index (χ1v) is 8.96. The predicted octanol–water partition coefficient (Wildman–Crippen LogP) is 2.40. The summed E-state index contributed by atoms with van der Waals surface area (Å²) in [7, 11) is 0. The van der Waals surface area contributed by atoms with Crippen LogP contribution in [0.25, 0.3) is 0 Å².